The first-order valence-corrected chi connectivity index (χ1v) is 5.94. The minimum atomic E-state index is -0.634. The second-order valence-corrected chi connectivity index (χ2v) is 4.56. The zero-order valence-electron chi connectivity index (χ0n) is 9.95. The summed E-state index contributed by atoms with van der Waals surface area (Å²) in [6.45, 7) is 3.99. The maximum Gasteiger partial charge on any atom is 0.257 e. The average molecular weight is 293 g/mol. The molecule has 18 heavy (non-hydrogen) atoms. The summed E-state index contributed by atoms with van der Waals surface area (Å²) in [5, 5.41) is 3.17. The van der Waals surface area contributed by atoms with Crippen molar-refractivity contribution >= 4 is 29.9 Å². The van der Waals surface area contributed by atoms with E-state index in [4.69, 9.17) is 11.6 Å². The number of piperazine rings is 1. The largest absolute Gasteiger partial charge is 0.333 e. The number of amides is 1. The molecule has 1 N–H and O–H groups in total. The first kappa shape index (κ1) is 15.2. The highest BCUT2D eigenvalue weighted by atomic mass is 35.5. The van der Waals surface area contributed by atoms with Crippen molar-refractivity contribution in [1.29, 1.82) is 0 Å². The molecule has 6 heteroatoms. The van der Waals surface area contributed by atoms with Crippen molar-refractivity contribution in [2.24, 2.45) is 0 Å². The van der Waals surface area contributed by atoms with Crippen LogP contribution in [0.2, 0.25) is 5.02 Å². The van der Waals surface area contributed by atoms with Crippen molar-refractivity contribution in [3.05, 3.63) is 34.6 Å². The van der Waals surface area contributed by atoms with Crippen LogP contribution in [0.1, 0.15) is 17.3 Å². The van der Waals surface area contributed by atoms with E-state index >= 15 is 0 Å². The minimum absolute atomic E-state index is 0. The average Bonchev–Trinajstić information content (AvgIpc) is 2.32. The van der Waals surface area contributed by atoms with E-state index in [1.165, 1.54) is 12.1 Å². The number of hydrogen-bond acceptors (Lipinski definition) is 2. The van der Waals surface area contributed by atoms with E-state index in [1.54, 1.807) is 11.0 Å². The number of hydrogen-bond donors (Lipinski definition) is 1. The number of carbonyl (C=O) groups is 1. The number of carbonyl (C=O) groups excluding carboxylic acids is 1. The van der Waals surface area contributed by atoms with Crippen LogP contribution in [-0.4, -0.2) is 36.5 Å². The van der Waals surface area contributed by atoms with Gasteiger partial charge in [-0.05, 0) is 19.1 Å². The van der Waals surface area contributed by atoms with E-state index < -0.39 is 5.82 Å². The standard InChI is InChI=1S/C12H14ClFN2O.ClH/c1-8-7-15-5-6-16(8)12(17)9-3-2-4-10(13)11(9)14;/h2-4,8,15H,5-7H2,1H3;1H/t8-;/m0./s1. The Hall–Kier alpha value is -0.840. The lowest BCUT2D eigenvalue weighted by atomic mass is 10.1. The van der Waals surface area contributed by atoms with Crippen molar-refractivity contribution in [1.82, 2.24) is 10.2 Å². The van der Waals surface area contributed by atoms with E-state index in [9.17, 15) is 9.18 Å². The quantitative estimate of drug-likeness (QED) is 0.862. The number of nitrogens with one attached hydrogen (secondary N) is 1. The van der Waals surface area contributed by atoms with Gasteiger partial charge < -0.3 is 10.2 Å². The Morgan fingerprint density at radius 2 is 2.28 bits per heavy atom. The van der Waals surface area contributed by atoms with Crippen LogP contribution >= 0.6 is 24.0 Å². The van der Waals surface area contributed by atoms with Crippen LogP contribution in [0.5, 0.6) is 0 Å². The molecule has 2 rings (SSSR count). The van der Waals surface area contributed by atoms with E-state index in [-0.39, 0.29) is 34.9 Å². The highest BCUT2D eigenvalue weighted by Crippen LogP contribution is 2.20. The van der Waals surface area contributed by atoms with Gasteiger partial charge in [0, 0.05) is 25.7 Å². The number of halogens is 3. The molecule has 0 unspecified atom stereocenters. The Labute approximate surface area is 117 Å². The summed E-state index contributed by atoms with van der Waals surface area (Å²) in [5.74, 6) is -0.927. The van der Waals surface area contributed by atoms with Gasteiger partial charge in [-0.25, -0.2) is 4.39 Å². The van der Waals surface area contributed by atoms with Gasteiger partial charge in [0.15, 0.2) is 5.82 Å². The molecule has 0 radical (unpaired) electrons. The molecule has 0 aromatic heterocycles. The molecule has 1 aromatic carbocycles. The first-order valence-electron chi connectivity index (χ1n) is 5.57. The highest BCUT2D eigenvalue weighted by molar-refractivity contribution is 6.31. The molecule has 1 aromatic rings. The van der Waals surface area contributed by atoms with Gasteiger partial charge in [-0.15, -0.1) is 12.4 Å². The minimum Gasteiger partial charge on any atom is -0.333 e. The number of nitrogens with zero attached hydrogens (tertiary/aromatic N) is 1. The molecule has 100 valence electrons. The van der Waals surface area contributed by atoms with E-state index in [0.717, 1.165) is 13.1 Å². The summed E-state index contributed by atoms with van der Waals surface area (Å²) >= 11 is 5.68. The lowest BCUT2D eigenvalue weighted by molar-refractivity contribution is 0.0651. The second-order valence-electron chi connectivity index (χ2n) is 4.15. The zero-order chi connectivity index (χ0) is 12.4. The van der Waals surface area contributed by atoms with Crippen molar-refractivity contribution in [2.45, 2.75) is 13.0 Å². The van der Waals surface area contributed by atoms with Gasteiger partial charge in [0.1, 0.15) is 0 Å². The van der Waals surface area contributed by atoms with E-state index in [2.05, 4.69) is 5.32 Å². The topological polar surface area (TPSA) is 32.3 Å². The molecule has 0 bridgehead atoms. The molecule has 3 nitrogen and oxygen atoms in total. The fourth-order valence-electron chi connectivity index (χ4n) is 1.97. The van der Waals surface area contributed by atoms with Gasteiger partial charge in [-0.1, -0.05) is 17.7 Å². The van der Waals surface area contributed by atoms with Crippen molar-refractivity contribution in [3.63, 3.8) is 0 Å². The molecular formula is C12H15Cl2FN2O. The fourth-order valence-corrected chi connectivity index (χ4v) is 2.14. The van der Waals surface area contributed by atoms with Crippen LogP contribution in [0.3, 0.4) is 0 Å². The molecule has 1 fully saturated rings. The molecular weight excluding hydrogens is 278 g/mol. The molecule has 0 spiro atoms. The SMILES string of the molecule is C[C@H]1CNCCN1C(=O)c1cccc(Cl)c1F.Cl. The lowest BCUT2D eigenvalue weighted by Crippen LogP contribution is -2.52. The maximum absolute atomic E-state index is 13.7. The zero-order valence-corrected chi connectivity index (χ0v) is 11.5. The summed E-state index contributed by atoms with van der Waals surface area (Å²) < 4.78 is 13.7. The van der Waals surface area contributed by atoms with Crippen molar-refractivity contribution in [3.8, 4) is 0 Å². The van der Waals surface area contributed by atoms with Gasteiger partial charge in [-0.3, -0.25) is 4.79 Å². The third kappa shape index (κ3) is 2.94. The Morgan fingerprint density at radius 1 is 1.56 bits per heavy atom. The van der Waals surface area contributed by atoms with Crippen molar-refractivity contribution < 1.29 is 9.18 Å². The molecule has 1 amide bonds. The third-order valence-corrected chi connectivity index (χ3v) is 3.24. The first-order chi connectivity index (χ1) is 8.11. The monoisotopic (exact) mass is 292 g/mol. The second kappa shape index (κ2) is 6.36. The van der Waals surface area contributed by atoms with Crippen molar-refractivity contribution in [2.75, 3.05) is 19.6 Å². The Balaban J connectivity index is 0.00000162. The van der Waals surface area contributed by atoms with Gasteiger partial charge in [0.25, 0.3) is 5.91 Å². The molecule has 0 saturated carbocycles. The molecule has 1 saturated heterocycles. The maximum atomic E-state index is 13.7. The summed E-state index contributed by atoms with van der Waals surface area (Å²) in [6, 6.07) is 4.56. The Kier molecular flexibility index (Phi) is 5.38. The smallest absolute Gasteiger partial charge is 0.257 e. The summed E-state index contributed by atoms with van der Waals surface area (Å²) in [6.07, 6.45) is 0. The van der Waals surface area contributed by atoms with Crippen LogP contribution in [0.25, 0.3) is 0 Å². The van der Waals surface area contributed by atoms with Crippen LogP contribution in [-0.2, 0) is 0 Å². The van der Waals surface area contributed by atoms with Crippen LogP contribution in [0.4, 0.5) is 4.39 Å². The fraction of sp³-hybridized carbons (Fsp3) is 0.417. The molecule has 1 heterocycles. The molecule has 1 aliphatic heterocycles. The molecule has 1 atom stereocenters. The Bertz CT molecular complexity index is 442. The summed E-state index contributed by atoms with van der Waals surface area (Å²) in [7, 11) is 0. The molecule has 0 aliphatic carbocycles. The Morgan fingerprint density at radius 3 is 2.94 bits per heavy atom. The summed E-state index contributed by atoms with van der Waals surface area (Å²) in [4.78, 5) is 13.9. The van der Waals surface area contributed by atoms with Crippen LogP contribution in [0, 0.1) is 5.82 Å². The predicted octanol–water partition coefficient (Wildman–Crippen LogP) is 2.33. The van der Waals surface area contributed by atoms with Gasteiger partial charge in [0.2, 0.25) is 0 Å². The highest BCUT2D eigenvalue weighted by Gasteiger charge is 2.26. The predicted molar refractivity (Wildman–Crippen MR) is 72.0 cm³/mol. The third-order valence-electron chi connectivity index (χ3n) is 2.94. The molecule has 1 aliphatic rings. The number of benzene rings is 1. The van der Waals surface area contributed by atoms with Crippen LogP contribution in [0.15, 0.2) is 18.2 Å². The van der Waals surface area contributed by atoms with E-state index in [1.807, 2.05) is 6.92 Å². The van der Waals surface area contributed by atoms with E-state index in [0.29, 0.717) is 6.54 Å². The van der Waals surface area contributed by atoms with Gasteiger partial charge in [0.05, 0.1) is 10.6 Å². The lowest BCUT2D eigenvalue weighted by Gasteiger charge is -2.34. The van der Waals surface area contributed by atoms with Crippen LogP contribution < -0.4 is 5.32 Å². The summed E-state index contributed by atoms with van der Waals surface area (Å²) in [5.41, 5.74) is 0.0475. The van der Waals surface area contributed by atoms with Gasteiger partial charge >= 0.3 is 0 Å². The van der Waals surface area contributed by atoms with Gasteiger partial charge in [-0.2, -0.15) is 0 Å². The normalized spacial score (nSPS) is 19.3. The number of rotatable bonds is 1.